The fraction of sp³-hybridized carbons (Fsp3) is 0.545. The lowest BCUT2D eigenvalue weighted by atomic mass is 9.76. The summed E-state index contributed by atoms with van der Waals surface area (Å²) in [6, 6.07) is 0. The van der Waals surface area contributed by atoms with Gasteiger partial charge in [0.2, 0.25) is 0 Å². The van der Waals surface area contributed by atoms with E-state index < -0.39 is 0 Å². The summed E-state index contributed by atoms with van der Waals surface area (Å²) in [5, 5.41) is 0. The first-order valence-corrected chi connectivity index (χ1v) is 5.10. The fourth-order valence-electron chi connectivity index (χ4n) is 1.85. The number of carbonyl (C=O) groups excluding carboxylic acids is 1. The molecule has 4 heteroatoms. The van der Waals surface area contributed by atoms with Crippen molar-refractivity contribution >= 4 is 5.78 Å². The van der Waals surface area contributed by atoms with E-state index in [1.165, 1.54) is 12.4 Å². The van der Waals surface area contributed by atoms with Crippen LogP contribution in [0.15, 0.2) is 18.6 Å². The van der Waals surface area contributed by atoms with Crippen molar-refractivity contribution in [2.24, 2.45) is 0 Å². The minimum Gasteiger partial charge on any atom is -0.378 e. The average molecular weight is 206 g/mol. The maximum atomic E-state index is 11.8. The number of rotatable bonds is 4. The van der Waals surface area contributed by atoms with Crippen LogP contribution in [0.2, 0.25) is 0 Å². The van der Waals surface area contributed by atoms with E-state index in [1.807, 2.05) is 0 Å². The highest BCUT2D eigenvalue weighted by molar-refractivity contribution is 5.94. The molecule has 0 unspecified atom stereocenters. The van der Waals surface area contributed by atoms with Crippen LogP contribution in [0.5, 0.6) is 0 Å². The lowest BCUT2D eigenvalue weighted by Gasteiger charge is -2.39. The number of aromatic nitrogens is 2. The predicted molar refractivity (Wildman–Crippen MR) is 54.6 cm³/mol. The number of methoxy groups -OCH3 is 1. The zero-order chi connectivity index (χ0) is 10.7. The summed E-state index contributed by atoms with van der Waals surface area (Å²) in [4.78, 5) is 19.7. The molecule has 0 aromatic carbocycles. The van der Waals surface area contributed by atoms with E-state index in [4.69, 9.17) is 4.74 Å². The SMILES string of the molecule is COC1(CC(=O)c2cnccn2)CCC1. The molecule has 0 spiro atoms. The first-order valence-electron chi connectivity index (χ1n) is 5.10. The van der Waals surface area contributed by atoms with Crippen LogP contribution in [0, 0.1) is 0 Å². The quantitative estimate of drug-likeness (QED) is 0.702. The Morgan fingerprint density at radius 1 is 1.53 bits per heavy atom. The largest absolute Gasteiger partial charge is 0.378 e. The zero-order valence-corrected chi connectivity index (χ0v) is 8.77. The molecule has 0 aliphatic heterocycles. The Morgan fingerprint density at radius 3 is 2.80 bits per heavy atom. The first-order chi connectivity index (χ1) is 7.26. The number of nitrogens with zero attached hydrogens (tertiary/aromatic N) is 2. The molecule has 2 rings (SSSR count). The van der Waals surface area contributed by atoms with Gasteiger partial charge in [0.25, 0.3) is 0 Å². The molecule has 1 saturated carbocycles. The van der Waals surface area contributed by atoms with Gasteiger partial charge < -0.3 is 4.74 Å². The second-order valence-corrected chi connectivity index (χ2v) is 3.93. The van der Waals surface area contributed by atoms with Gasteiger partial charge in [-0.15, -0.1) is 0 Å². The second kappa shape index (κ2) is 4.06. The van der Waals surface area contributed by atoms with E-state index in [0.717, 1.165) is 19.3 Å². The minimum absolute atomic E-state index is 0.0182. The Labute approximate surface area is 88.7 Å². The van der Waals surface area contributed by atoms with Crippen LogP contribution in [0.1, 0.15) is 36.2 Å². The van der Waals surface area contributed by atoms with Crippen molar-refractivity contribution < 1.29 is 9.53 Å². The number of Topliss-reactive ketones (excluding diaryl/α,β-unsaturated/α-hetero) is 1. The van der Waals surface area contributed by atoms with Crippen molar-refractivity contribution in [2.75, 3.05) is 7.11 Å². The average Bonchev–Trinajstić information content (AvgIpc) is 2.24. The molecule has 0 bridgehead atoms. The lowest BCUT2D eigenvalue weighted by Crippen LogP contribution is -2.41. The highest BCUT2D eigenvalue weighted by atomic mass is 16.5. The van der Waals surface area contributed by atoms with Gasteiger partial charge in [-0.3, -0.25) is 9.78 Å². The summed E-state index contributed by atoms with van der Waals surface area (Å²) >= 11 is 0. The maximum absolute atomic E-state index is 11.8. The van der Waals surface area contributed by atoms with Crippen molar-refractivity contribution in [2.45, 2.75) is 31.3 Å². The van der Waals surface area contributed by atoms with Crippen molar-refractivity contribution in [3.05, 3.63) is 24.3 Å². The van der Waals surface area contributed by atoms with Gasteiger partial charge >= 0.3 is 0 Å². The molecule has 1 heterocycles. The second-order valence-electron chi connectivity index (χ2n) is 3.93. The van der Waals surface area contributed by atoms with Crippen LogP contribution in [-0.4, -0.2) is 28.5 Å². The van der Waals surface area contributed by atoms with Crippen LogP contribution in [-0.2, 0) is 4.74 Å². The number of carbonyl (C=O) groups is 1. The van der Waals surface area contributed by atoms with Gasteiger partial charge in [-0.1, -0.05) is 0 Å². The van der Waals surface area contributed by atoms with Crippen molar-refractivity contribution in [1.29, 1.82) is 0 Å². The molecule has 4 nitrogen and oxygen atoms in total. The molecule has 80 valence electrons. The molecule has 1 fully saturated rings. The first kappa shape index (κ1) is 10.2. The fourth-order valence-corrected chi connectivity index (χ4v) is 1.85. The topological polar surface area (TPSA) is 52.1 Å². The Balaban J connectivity index is 2.04. The third-order valence-electron chi connectivity index (χ3n) is 3.03. The predicted octanol–water partition coefficient (Wildman–Crippen LogP) is 1.62. The minimum atomic E-state index is -0.228. The van der Waals surface area contributed by atoms with E-state index in [0.29, 0.717) is 12.1 Å². The molecular weight excluding hydrogens is 192 g/mol. The number of hydrogen-bond donors (Lipinski definition) is 0. The highest BCUT2D eigenvalue weighted by Crippen LogP contribution is 2.38. The van der Waals surface area contributed by atoms with Gasteiger partial charge in [0.05, 0.1) is 11.8 Å². The van der Waals surface area contributed by atoms with Crippen LogP contribution in [0.4, 0.5) is 0 Å². The van der Waals surface area contributed by atoms with Crippen molar-refractivity contribution in [3.63, 3.8) is 0 Å². The van der Waals surface area contributed by atoms with Gasteiger partial charge in [-0.25, -0.2) is 4.98 Å². The van der Waals surface area contributed by atoms with Gasteiger partial charge in [-0.05, 0) is 19.3 Å². The number of hydrogen-bond acceptors (Lipinski definition) is 4. The maximum Gasteiger partial charge on any atom is 0.185 e. The monoisotopic (exact) mass is 206 g/mol. The molecule has 0 atom stereocenters. The standard InChI is InChI=1S/C11H14N2O2/c1-15-11(3-2-4-11)7-10(14)9-8-12-5-6-13-9/h5-6,8H,2-4,7H2,1H3. The van der Waals surface area contributed by atoms with E-state index in [2.05, 4.69) is 9.97 Å². The molecular formula is C11H14N2O2. The molecule has 1 aromatic heterocycles. The normalized spacial score (nSPS) is 18.2. The molecule has 0 N–H and O–H groups in total. The summed E-state index contributed by atoms with van der Waals surface area (Å²) in [6.07, 6.45) is 8.10. The lowest BCUT2D eigenvalue weighted by molar-refractivity contribution is -0.0705. The van der Waals surface area contributed by atoms with Crippen molar-refractivity contribution in [3.8, 4) is 0 Å². The Hall–Kier alpha value is -1.29. The van der Waals surface area contributed by atoms with Crippen LogP contribution >= 0.6 is 0 Å². The van der Waals surface area contributed by atoms with Crippen LogP contribution in [0.3, 0.4) is 0 Å². The highest BCUT2D eigenvalue weighted by Gasteiger charge is 2.39. The molecule has 1 aliphatic rings. The summed E-state index contributed by atoms with van der Waals surface area (Å²) in [7, 11) is 1.67. The Morgan fingerprint density at radius 2 is 2.33 bits per heavy atom. The van der Waals surface area contributed by atoms with Crippen LogP contribution in [0.25, 0.3) is 0 Å². The van der Waals surface area contributed by atoms with Gasteiger partial charge in [-0.2, -0.15) is 0 Å². The summed E-state index contributed by atoms with van der Waals surface area (Å²) < 4.78 is 5.40. The summed E-state index contributed by atoms with van der Waals surface area (Å²) in [5.74, 6) is 0.0182. The smallest absolute Gasteiger partial charge is 0.185 e. The Bertz CT molecular complexity index is 341. The third kappa shape index (κ3) is 2.04. The van der Waals surface area contributed by atoms with Gasteiger partial charge in [0.15, 0.2) is 5.78 Å². The van der Waals surface area contributed by atoms with Gasteiger partial charge in [0.1, 0.15) is 5.69 Å². The Kier molecular flexibility index (Phi) is 2.77. The third-order valence-corrected chi connectivity index (χ3v) is 3.03. The number of ketones is 1. The van der Waals surface area contributed by atoms with E-state index in [1.54, 1.807) is 13.3 Å². The molecule has 15 heavy (non-hydrogen) atoms. The van der Waals surface area contributed by atoms with E-state index in [9.17, 15) is 4.79 Å². The van der Waals surface area contributed by atoms with E-state index in [-0.39, 0.29) is 11.4 Å². The molecule has 0 amide bonds. The van der Waals surface area contributed by atoms with Crippen LogP contribution < -0.4 is 0 Å². The van der Waals surface area contributed by atoms with Crippen molar-refractivity contribution in [1.82, 2.24) is 9.97 Å². The molecule has 0 saturated heterocycles. The summed E-state index contributed by atoms with van der Waals surface area (Å²) in [5.41, 5.74) is 0.204. The zero-order valence-electron chi connectivity index (χ0n) is 8.77. The molecule has 0 radical (unpaired) electrons. The van der Waals surface area contributed by atoms with Gasteiger partial charge in [0, 0.05) is 25.9 Å². The molecule has 1 aliphatic carbocycles. The van der Waals surface area contributed by atoms with E-state index >= 15 is 0 Å². The molecule has 1 aromatic rings. The summed E-state index contributed by atoms with van der Waals surface area (Å²) in [6.45, 7) is 0. The number of ether oxygens (including phenoxy) is 1.